The quantitative estimate of drug-likeness (QED) is 0.567. The number of benzene rings is 3. The second-order valence-electron chi connectivity index (χ2n) is 6.31. The first-order chi connectivity index (χ1) is 14.1. The molecule has 0 aliphatic heterocycles. The summed E-state index contributed by atoms with van der Waals surface area (Å²) in [6.07, 6.45) is 0.714. The molecule has 6 heteroatoms. The minimum atomic E-state index is -0.320. The van der Waals surface area contributed by atoms with E-state index in [-0.39, 0.29) is 12.5 Å². The Bertz CT molecular complexity index is 998. The molecule has 3 aromatic carbocycles. The van der Waals surface area contributed by atoms with Crippen LogP contribution in [0.1, 0.15) is 15.9 Å². The summed E-state index contributed by atoms with van der Waals surface area (Å²) in [6.45, 7) is 1.80. The molecule has 1 amide bonds. The van der Waals surface area contributed by atoms with Gasteiger partial charge in [-0.05, 0) is 67.1 Å². The third-order valence-electron chi connectivity index (χ3n) is 4.05. The van der Waals surface area contributed by atoms with Crippen molar-refractivity contribution in [1.82, 2.24) is 0 Å². The highest BCUT2D eigenvalue weighted by Crippen LogP contribution is 2.28. The average Bonchev–Trinajstić information content (AvgIpc) is 2.73. The van der Waals surface area contributed by atoms with Crippen molar-refractivity contribution in [3.05, 3.63) is 77.9 Å². The maximum atomic E-state index is 12.2. The van der Waals surface area contributed by atoms with E-state index in [2.05, 4.69) is 5.32 Å². The minimum absolute atomic E-state index is 0.196. The van der Waals surface area contributed by atoms with Gasteiger partial charge in [-0.25, -0.2) is 0 Å². The molecule has 1 N–H and O–H groups in total. The van der Waals surface area contributed by atoms with Gasteiger partial charge in [0.2, 0.25) is 0 Å². The second kappa shape index (κ2) is 9.41. The molecule has 0 atom stereocenters. The van der Waals surface area contributed by atoms with Gasteiger partial charge in [0.1, 0.15) is 17.8 Å². The summed E-state index contributed by atoms with van der Waals surface area (Å²) in [7, 11) is 1.47. The number of aryl methyl sites for hydroxylation is 1. The summed E-state index contributed by atoms with van der Waals surface area (Å²) < 4.78 is 16.5. The van der Waals surface area contributed by atoms with Gasteiger partial charge in [0, 0.05) is 11.3 Å². The first-order valence-corrected chi connectivity index (χ1v) is 8.98. The van der Waals surface area contributed by atoms with Crippen LogP contribution in [0.25, 0.3) is 0 Å². The number of amides is 1. The molecule has 0 aromatic heterocycles. The first kappa shape index (κ1) is 19.9. The lowest BCUT2D eigenvalue weighted by Gasteiger charge is -2.11. The largest absolute Gasteiger partial charge is 0.493 e. The Morgan fingerprint density at radius 2 is 1.76 bits per heavy atom. The van der Waals surface area contributed by atoms with Crippen LogP contribution in [-0.4, -0.2) is 25.9 Å². The number of hydrogen-bond donors (Lipinski definition) is 1. The van der Waals surface area contributed by atoms with Gasteiger partial charge < -0.3 is 19.5 Å². The fraction of sp³-hybridized carbons (Fsp3) is 0.130. The molecule has 148 valence electrons. The Labute approximate surface area is 169 Å². The lowest BCUT2D eigenvalue weighted by molar-refractivity contribution is -0.118. The highest BCUT2D eigenvalue weighted by Gasteiger charge is 2.09. The van der Waals surface area contributed by atoms with E-state index < -0.39 is 0 Å². The molecule has 6 nitrogen and oxygen atoms in total. The predicted octanol–water partition coefficient (Wildman–Crippen LogP) is 4.63. The third kappa shape index (κ3) is 5.59. The number of nitrogens with one attached hydrogen (secondary N) is 1. The standard InChI is InChI=1S/C23H21NO5/c1-16-4-3-5-20(12-16)29-19-9-7-18(8-10-19)24-23(26)15-28-21-11-6-17(14-25)13-22(21)27-2/h3-14H,15H2,1-2H3,(H,24,26). The number of carbonyl (C=O) groups excluding carboxylic acids is 2. The number of carbonyl (C=O) groups is 2. The lowest BCUT2D eigenvalue weighted by Crippen LogP contribution is -2.20. The molecule has 0 heterocycles. The van der Waals surface area contributed by atoms with Crippen LogP contribution in [-0.2, 0) is 4.79 Å². The molecule has 29 heavy (non-hydrogen) atoms. The van der Waals surface area contributed by atoms with E-state index in [0.717, 1.165) is 11.3 Å². The third-order valence-corrected chi connectivity index (χ3v) is 4.05. The van der Waals surface area contributed by atoms with Crippen LogP contribution in [0.15, 0.2) is 66.7 Å². The maximum absolute atomic E-state index is 12.2. The number of anilines is 1. The van der Waals surface area contributed by atoms with E-state index in [1.807, 2.05) is 31.2 Å². The minimum Gasteiger partial charge on any atom is -0.493 e. The van der Waals surface area contributed by atoms with Gasteiger partial charge >= 0.3 is 0 Å². The van der Waals surface area contributed by atoms with E-state index in [1.54, 1.807) is 42.5 Å². The summed E-state index contributed by atoms with van der Waals surface area (Å²) >= 11 is 0. The molecule has 0 saturated heterocycles. The molecule has 0 unspecified atom stereocenters. The van der Waals surface area contributed by atoms with Crippen LogP contribution in [0.3, 0.4) is 0 Å². The zero-order valence-electron chi connectivity index (χ0n) is 16.2. The predicted molar refractivity (Wildman–Crippen MR) is 110 cm³/mol. The Morgan fingerprint density at radius 1 is 0.966 bits per heavy atom. The summed E-state index contributed by atoms with van der Waals surface area (Å²) in [6, 6.07) is 19.6. The van der Waals surface area contributed by atoms with Gasteiger partial charge in [0.15, 0.2) is 18.1 Å². The van der Waals surface area contributed by atoms with Gasteiger partial charge in [-0.2, -0.15) is 0 Å². The zero-order valence-corrected chi connectivity index (χ0v) is 16.2. The molecule has 0 aliphatic carbocycles. The van der Waals surface area contributed by atoms with E-state index in [9.17, 15) is 9.59 Å². The van der Waals surface area contributed by atoms with Crippen LogP contribution in [0, 0.1) is 6.92 Å². The van der Waals surface area contributed by atoms with Crippen LogP contribution >= 0.6 is 0 Å². The SMILES string of the molecule is COc1cc(C=O)ccc1OCC(=O)Nc1ccc(Oc2cccc(C)c2)cc1. The smallest absolute Gasteiger partial charge is 0.262 e. The van der Waals surface area contributed by atoms with Gasteiger partial charge in [0.25, 0.3) is 5.91 Å². The van der Waals surface area contributed by atoms with Crippen LogP contribution in [0.5, 0.6) is 23.0 Å². The molecule has 3 rings (SSSR count). The van der Waals surface area contributed by atoms with Crippen molar-refractivity contribution in [2.75, 3.05) is 19.0 Å². The topological polar surface area (TPSA) is 73.9 Å². The maximum Gasteiger partial charge on any atom is 0.262 e. The van der Waals surface area contributed by atoms with Crippen molar-refractivity contribution in [1.29, 1.82) is 0 Å². The van der Waals surface area contributed by atoms with Gasteiger partial charge in [-0.15, -0.1) is 0 Å². The molecule has 0 spiro atoms. The molecule has 3 aromatic rings. The van der Waals surface area contributed by atoms with Crippen molar-refractivity contribution < 1.29 is 23.8 Å². The van der Waals surface area contributed by atoms with Crippen molar-refractivity contribution in [3.8, 4) is 23.0 Å². The molecule has 0 saturated carbocycles. The molecular weight excluding hydrogens is 370 g/mol. The Morgan fingerprint density at radius 3 is 2.45 bits per heavy atom. The fourth-order valence-corrected chi connectivity index (χ4v) is 2.64. The summed E-state index contributed by atoms with van der Waals surface area (Å²) in [5, 5.41) is 2.76. The Balaban J connectivity index is 1.55. The number of ether oxygens (including phenoxy) is 3. The van der Waals surface area contributed by atoms with Crippen molar-refractivity contribution in [3.63, 3.8) is 0 Å². The highest BCUT2D eigenvalue weighted by atomic mass is 16.5. The van der Waals surface area contributed by atoms with Crippen molar-refractivity contribution >= 4 is 17.9 Å². The molecular formula is C23H21NO5. The summed E-state index contributed by atoms with van der Waals surface area (Å²) in [4.78, 5) is 23.0. The Kier molecular flexibility index (Phi) is 6.47. The number of hydrogen-bond acceptors (Lipinski definition) is 5. The number of rotatable bonds is 8. The van der Waals surface area contributed by atoms with Gasteiger partial charge in [-0.1, -0.05) is 12.1 Å². The second-order valence-corrected chi connectivity index (χ2v) is 6.31. The summed E-state index contributed by atoms with van der Waals surface area (Å²) in [5.41, 5.74) is 2.20. The number of aldehydes is 1. The van der Waals surface area contributed by atoms with E-state index >= 15 is 0 Å². The normalized spacial score (nSPS) is 10.1. The number of methoxy groups -OCH3 is 1. The molecule has 0 radical (unpaired) electrons. The first-order valence-electron chi connectivity index (χ1n) is 8.98. The van der Waals surface area contributed by atoms with Crippen molar-refractivity contribution in [2.45, 2.75) is 6.92 Å². The monoisotopic (exact) mass is 391 g/mol. The highest BCUT2D eigenvalue weighted by molar-refractivity contribution is 5.92. The van der Waals surface area contributed by atoms with Crippen LogP contribution in [0.4, 0.5) is 5.69 Å². The average molecular weight is 391 g/mol. The Hall–Kier alpha value is -3.80. The van der Waals surface area contributed by atoms with Crippen LogP contribution in [0.2, 0.25) is 0 Å². The molecule has 0 aliphatic rings. The van der Waals surface area contributed by atoms with Crippen LogP contribution < -0.4 is 19.5 Å². The van der Waals surface area contributed by atoms with E-state index in [1.165, 1.54) is 7.11 Å². The molecule has 0 fully saturated rings. The van der Waals surface area contributed by atoms with Gasteiger partial charge in [-0.3, -0.25) is 9.59 Å². The van der Waals surface area contributed by atoms with E-state index in [4.69, 9.17) is 14.2 Å². The molecule has 0 bridgehead atoms. The zero-order chi connectivity index (χ0) is 20.6. The fourth-order valence-electron chi connectivity index (χ4n) is 2.64. The summed E-state index contributed by atoms with van der Waals surface area (Å²) in [5.74, 6) is 1.88. The van der Waals surface area contributed by atoms with Gasteiger partial charge in [0.05, 0.1) is 7.11 Å². The lowest BCUT2D eigenvalue weighted by atomic mass is 10.2. The van der Waals surface area contributed by atoms with Crippen molar-refractivity contribution in [2.24, 2.45) is 0 Å². The van der Waals surface area contributed by atoms with E-state index in [0.29, 0.717) is 34.8 Å².